The van der Waals surface area contributed by atoms with Gasteiger partial charge in [0, 0.05) is 23.5 Å². The first-order chi connectivity index (χ1) is 9.28. The number of rotatable bonds is 3. The second-order valence-corrected chi connectivity index (χ2v) is 4.68. The summed E-state index contributed by atoms with van der Waals surface area (Å²) in [7, 11) is 1.66. The zero-order chi connectivity index (χ0) is 13.2. The lowest BCUT2D eigenvalue weighted by Crippen LogP contribution is -2.01. The van der Waals surface area contributed by atoms with E-state index in [0.717, 1.165) is 12.1 Å². The number of aromatic nitrogens is 2. The maximum absolute atomic E-state index is 5.30. The second-order valence-electron chi connectivity index (χ2n) is 4.68. The predicted molar refractivity (Wildman–Crippen MR) is 76.6 cm³/mol. The van der Waals surface area contributed by atoms with Crippen LogP contribution in [0.3, 0.4) is 0 Å². The Hall–Kier alpha value is -2.29. The Morgan fingerprint density at radius 2 is 2.11 bits per heavy atom. The lowest BCUT2D eigenvalue weighted by Gasteiger charge is -2.09. The van der Waals surface area contributed by atoms with Gasteiger partial charge in [-0.1, -0.05) is 17.7 Å². The molecule has 3 rings (SSSR count). The number of pyridine rings is 1. The van der Waals surface area contributed by atoms with E-state index in [1.807, 2.05) is 12.1 Å². The van der Waals surface area contributed by atoms with Crippen molar-refractivity contribution >= 4 is 10.9 Å². The van der Waals surface area contributed by atoms with Crippen LogP contribution >= 0.6 is 0 Å². The van der Waals surface area contributed by atoms with Gasteiger partial charge in [-0.15, -0.1) is 0 Å². The van der Waals surface area contributed by atoms with E-state index >= 15 is 0 Å². The number of fused-ring (bicyclic) bond motifs is 1. The van der Waals surface area contributed by atoms with Gasteiger partial charge in [-0.3, -0.25) is 0 Å². The smallest absolute Gasteiger partial charge is 0.218 e. The molecule has 3 heteroatoms. The molecule has 19 heavy (non-hydrogen) atoms. The third-order valence-corrected chi connectivity index (χ3v) is 3.31. The molecule has 2 aromatic heterocycles. The first-order valence-corrected chi connectivity index (χ1v) is 6.31. The van der Waals surface area contributed by atoms with Crippen LogP contribution in [0.25, 0.3) is 10.9 Å². The van der Waals surface area contributed by atoms with Crippen molar-refractivity contribution in [3.05, 3.63) is 59.9 Å². The Morgan fingerprint density at radius 3 is 2.95 bits per heavy atom. The van der Waals surface area contributed by atoms with Crippen molar-refractivity contribution < 1.29 is 4.74 Å². The minimum atomic E-state index is 0.691. The molecular formula is C16H16N2O. The highest BCUT2D eigenvalue weighted by Crippen LogP contribution is 2.21. The minimum absolute atomic E-state index is 0.691. The van der Waals surface area contributed by atoms with Crippen LogP contribution in [-0.2, 0) is 6.54 Å². The van der Waals surface area contributed by atoms with Gasteiger partial charge in [-0.25, -0.2) is 4.98 Å². The highest BCUT2D eigenvalue weighted by molar-refractivity contribution is 5.80. The van der Waals surface area contributed by atoms with Gasteiger partial charge >= 0.3 is 0 Å². The monoisotopic (exact) mass is 252 g/mol. The number of hydrogen-bond acceptors (Lipinski definition) is 2. The molecule has 3 nitrogen and oxygen atoms in total. The maximum Gasteiger partial charge on any atom is 0.218 e. The molecule has 0 unspecified atom stereocenters. The Kier molecular flexibility index (Phi) is 2.95. The van der Waals surface area contributed by atoms with Crippen molar-refractivity contribution in [2.45, 2.75) is 13.5 Å². The van der Waals surface area contributed by atoms with Crippen LogP contribution in [0.1, 0.15) is 11.1 Å². The van der Waals surface area contributed by atoms with Crippen LogP contribution in [-0.4, -0.2) is 16.7 Å². The van der Waals surface area contributed by atoms with Crippen LogP contribution in [0.4, 0.5) is 0 Å². The van der Waals surface area contributed by atoms with Crippen molar-refractivity contribution in [2.24, 2.45) is 0 Å². The third kappa shape index (κ3) is 2.19. The fourth-order valence-corrected chi connectivity index (χ4v) is 2.37. The lowest BCUT2D eigenvalue weighted by molar-refractivity contribution is 0.391. The van der Waals surface area contributed by atoms with Gasteiger partial charge in [-0.05, 0) is 36.6 Å². The Labute approximate surface area is 112 Å². The Morgan fingerprint density at radius 1 is 1.21 bits per heavy atom. The highest BCUT2D eigenvalue weighted by atomic mass is 16.5. The SMILES string of the molecule is COc1ncccc1Cn1ccc2cc(C)ccc21. The van der Waals surface area contributed by atoms with E-state index in [0.29, 0.717) is 5.88 Å². The zero-order valence-corrected chi connectivity index (χ0v) is 11.1. The largest absolute Gasteiger partial charge is 0.481 e. The number of benzene rings is 1. The number of nitrogens with zero attached hydrogens (tertiary/aromatic N) is 2. The van der Waals surface area contributed by atoms with Crippen molar-refractivity contribution in [1.82, 2.24) is 9.55 Å². The summed E-state index contributed by atoms with van der Waals surface area (Å²) < 4.78 is 7.52. The molecule has 0 N–H and O–H groups in total. The van der Waals surface area contributed by atoms with E-state index in [9.17, 15) is 0 Å². The molecule has 0 aliphatic heterocycles. The summed E-state index contributed by atoms with van der Waals surface area (Å²) in [5, 5.41) is 1.27. The summed E-state index contributed by atoms with van der Waals surface area (Å²) in [6.07, 6.45) is 3.86. The van der Waals surface area contributed by atoms with Gasteiger partial charge in [0.15, 0.2) is 0 Å². The molecule has 0 fully saturated rings. The molecular weight excluding hydrogens is 236 g/mol. The van der Waals surface area contributed by atoms with Crippen LogP contribution < -0.4 is 4.74 Å². The normalized spacial score (nSPS) is 10.8. The molecule has 0 aliphatic carbocycles. The van der Waals surface area contributed by atoms with Crippen molar-refractivity contribution in [2.75, 3.05) is 7.11 Å². The minimum Gasteiger partial charge on any atom is -0.481 e. The number of ether oxygens (including phenoxy) is 1. The molecule has 0 radical (unpaired) electrons. The molecule has 0 spiro atoms. The third-order valence-electron chi connectivity index (χ3n) is 3.31. The molecule has 0 amide bonds. The summed E-state index contributed by atoms with van der Waals surface area (Å²) >= 11 is 0. The first-order valence-electron chi connectivity index (χ1n) is 6.31. The molecule has 0 saturated carbocycles. The first kappa shape index (κ1) is 11.8. The fourth-order valence-electron chi connectivity index (χ4n) is 2.37. The van der Waals surface area contributed by atoms with Crippen LogP contribution in [0.5, 0.6) is 5.88 Å². The number of methoxy groups -OCH3 is 1. The maximum atomic E-state index is 5.30. The van der Waals surface area contributed by atoms with E-state index in [4.69, 9.17) is 4.74 Å². The summed E-state index contributed by atoms with van der Waals surface area (Å²) in [5.41, 5.74) is 3.60. The molecule has 0 saturated heterocycles. The van der Waals surface area contributed by atoms with Crippen LogP contribution in [0, 0.1) is 6.92 Å². The van der Waals surface area contributed by atoms with Gasteiger partial charge < -0.3 is 9.30 Å². The van der Waals surface area contributed by atoms with Crippen LogP contribution in [0.15, 0.2) is 48.8 Å². The fraction of sp³-hybridized carbons (Fsp3) is 0.188. The van der Waals surface area contributed by atoms with Crippen molar-refractivity contribution in [3.8, 4) is 5.88 Å². The van der Waals surface area contributed by atoms with E-state index in [2.05, 4.69) is 46.9 Å². The average Bonchev–Trinajstić information content (AvgIpc) is 2.82. The van der Waals surface area contributed by atoms with Gasteiger partial charge in [0.2, 0.25) is 5.88 Å². The molecule has 96 valence electrons. The summed E-state index contributed by atoms with van der Waals surface area (Å²) in [6.45, 7) is 2.88. The Balaban J connectivity index is 2.01. The van der Waals surface area contributed by atoms with Gasteiger partial charge in [0.25, 0.3) is 0 Å². The molecule has 0 aliphatic rings. The predicted octanol–water partition coefficient (Wildman–Crippen LogP) is 3.40. The highest BCUT2D eigenvalue weighted by Gasteiger charge is 2.06. The Bertz CT molecular complexity index is 716. The zero-order valence-electron chi connectivity index (χ0n) is 11.1. The topological polar surface area (TPSA) is 27.1 Å². The van der Waals surface area contributed by atoms with E-state index in [-0.39, 0.29) is 0 Å². The average molecular weight is 252 g/mol. The molecule has 2 heterocycles. The van der Waals surface area contributed by atoms with E-state index < -0.39 is 0 Å². The summed E-state index contributed by atoms with van der Waals surface area (Å²) in [6, 6.07) is 12.6. The second kappa shape index (κ2) is 4.76. The van der Waals surface area contributed by atoms with E-state index in [1.54, 1.807) is 13.3 Å². The number of hydrogen-bond donors (Lipinski definition) is 0. The van der Waals surface area contributed by atoms with Gasteiger partial charge in [0.05, 0.1) is 13.7 Å². The lowest BCUT2D eigenvalue weighted by atomic mass is 10.2. The summed E-state index contributed by atoms with van der Waals surface area (Å²) in [4.78, 5) is 4.24. The van der Waals surface area contributed by atoms with Crippen LogP contribution in [0.2, 0.25) is 0 Å². The van der Waals surface area contributed by atoms with Crippen molar-refractivity contribution in [3.63, 3.8) is 0 Å². The number of aryl methyl sites for hydroxylation is 1. The molecule has 3 aromatic rings. The molecule has 0 atom stereocenters. The molecule has 0 bridgehead atoms. The van der Waals surface area contributed by atoms with Gasteiger partial charge in [0.1, 0.15) is 0 Å². The standard InChI is InChI=1S/C16H16N2O/c1-12-5-6-15-13(10-12)7-9-18(15)11-14-4-3-8-17-16(14)19-2/h3-10H,11H2,1-2H3. The van der Waals surface area contributed by atoms with Gasteiger partial charge in [-0.2, -0.15) is 0 Å². The molecule has 1 aromatic carbocycles. The van der Waals surface area contributed by atoms with E-state index in [1.165, 1.54) is 16.5 Å². The summed E-state index contributed by atoms with van der Waals surface area (Å²) in [5.74, 6) is 0.691. The van der Waals surface area contributed by atoms with Crippen molar-refractivity contribution in [1.29, 1.82) is 0 Å². The quantitative estimate of drug-likeness (QED) is 0.714.